The number of aryl methyl sites for hydroxylation is 1. The van der Waals surface area contributed by atoms with E-state index < -0.39 is 0 Å². The van der Waals surface area contributed by atoms with E-state index in [1.807, 2.05) is 67.2 Å². The summed E-state index contributed by atoms with van der Waals surface area (Å²) in [5, 5.41) is 9.43. The summed E-state index contributed by atoms with van der Waals surface area (Å²) in [7, 11) is 0. The Balaban J connectivity index is 1.23. The van der Waals surface area contributed by atoms with Gasteiger partial charge in [-0.25, -0.2) is 4.79 Å². The van der Waals surface area contributed by atoms with E-state index >= 15 is 0 Å². The van der Waals surface area contributed by atoms with Crippen molar-refractivity contribution < 1.29 is 14.3 Å². The molecular weight excluding hydrogens is 410 g/mol. The van der Waals surface area contributed by atoms with Crippen molar-refractivity contribution in [2.45, 2.75) is 56.5 Å². The van der Waals surface area contributed by atoms with E-state index in [0.717, 1.165) is 36.1 Å². The summed E-state index contributed by atoms with van der Waals surface area (Å²) in [4.78, 5) is 24.0. The van der Waals surface area contributed by atoms with Crippen molar-refractivity contribution in [3.05, 3.63) is 59.7 Å². The van der Waals surface area contributed by atoms with E-state index in [0.29, 0.717) is 29.7 Å². The van der Waals surface area contributed by atoms with Crippen LogP contribution in [0.2, 0.25) is 0 Å². The van der Waals surface area contributed by atoms with Gasteiger partial charge in [-0.3, -0.25) is 4.79 Å². The Morgan fingerprint density at radius 1 is 1.16 bits per heavy atom. The molecule has 2 aliphatic rings. The van der Waals surface area contributed by atoms with Gasteiger partial charge < -0.3 is 20.7 Å². The van der Waals surface area contributed by atoms with Crippen LogP contribution < -0.4 is 20.7 Å². The molecule has 0 radical (unpaired) electrons. The van der Waals surface area contributed by atoms with Crippen LogP contribution in [-0.2, 0) is 11.4 Å². The van der Waals surface area contributed by atoms with E-state index in [2.05, 4.69) is 16.0 Å². The summed E-state index contributed by atoms with van der Waals surface area (Å²) in [5.41, 5.74) is 2.88. The number of unbranched alkanes of at least 4 members (excludes halogenated alkanes) is 1. The lowest BCUT2D eigenvalue weighted by molar-refractivity contribution is -0.116. The molecule has 2 fully saturated rings. The van der Waals surface area contributed by atoms with Crippen LogP contribution in [0.25, 0.3) is 0 Å². The zero-order valence-electron chi connectivity index (χ0n) is 17.7. The van der Waals surface area contributed by atoms with Crippen molar-refractivity contribution in [1.82, 2.24) is 10.6 Å². The van der Waals surface area contributed by atoms with Crippen LogP contribution in [0.4, 0.5) is 10.5 Å². The van der Waals surface area contributed by atoms with Crippen molar-refractivity contribution in [2.75, 3.05) is 11.1 Å². The van der Waals surface area contributed by atoms with Gasteiger partial charge in [0.2, 0.25) is 5.91 Å². The van der Waals surface area contributed by atoms with E-state index in [1.165, 1.54) is 0 Å². The molecule has 0 aromatic heterocycles. The Bertz CT molecular complexity index is 922. The third kappa shape index (κ3) is 5.73. The third-order valence-electron chi connectivity index (χ3n) is 5.73. The summed E-state index contributed by atoms with van der Waals surface area (Å²) in [5.74, 6) is 1.66. The third-order valence-corrected chi connectivity index (χ3v) is 7.24. The zero-order chi connectivity index (χ0) is 21.6. The molecule has 3 atom stereocenters. The maximum atomic E-state index is 12.5. The summed E-state index contributed by atoms with van der Waals surface area (Å²) < 4.78 is 5.99. The van der Waals surface area contributed by atoms with Gasteiger partial charge in [0.05, 0.1) is 17.8 Å². The average Bonchev–Trinajstić information content (AvgIpc) is 3.31. The molecule has 0 bridgehead atoms. The van der Waals surface area contributed by atoms with Gasteiger partial charge in [0.1, 0.15) is 12.4 Å². The van der Waals surface area contributed by atoms with Gasteiger partial charge in [0, 0.05) is 17.4 Å². The first kappa shape index (κ1) is 21.6. The smallest absolute Gasteiger partial charge is 0.315 e. The first-order chi connectivity index (χ1) is 15.1. The molecule has 3 amide bonds. The van der Waals surface area contributed by atoms with Crippen molar-refractivity contribution >= 4 is 29.4 Å². The minimum absolute atomic E-state index is 0.00111. The summed E-state index contributed by atoms with van der Waals surface area (Å²) in [6.45, 7) is 2.47. The average molecular weight is 440 g/mol. The van der Waals surface area contributed by atoms with Gasteiger partial charge in [-0.1, -0.05) is 42.8 Å². The number of rotatable bonds is 9. The number of hydrogen-bond donors (Lipinski definition) is 3. The Morgan fingerprint density at radius 2 is 2.00 bits per heavy atom. The number of fused-ring (bicyclic) bond motifs is 1. The van der Waals surface area contributed by atoms with Crippen LogP contribution in [0.15, 0.2) is 48.5 Å². The van der Waals surface area contributed by atoms with E-state index in [-0.39, 0.29) is 24.0 Å². The van der Waals surface area contributed by atoms with Gasteiger partial charge >= 0.3 is 6.03 Å². The summed E-state index contributed by atoms with van der Waals surface area (Å²) in [6.07, 6.45) is 3.28. The summed E-state index contributed by atoms with van der Waals surface area (Å²) in [6, 6.07) is 16.2. The number of anilines is 1. The van der Waals surface area contributed by atoms with Crippen LogP contribution in [0.3, 0.4) is 0 Å². The SMILES string of the molecule is Cc1ccc(NC(=O)CCCC[C@@H]2SC[C@@H]3NC(=O)N[C@@H]32)c(OCc2ccccc2)c1. The highest BCUT2D eigenvalue weighted by Gasteiger charge is 2.42. The van der Waals surface area contributed by atoms with Crippen molar-refractivity contribution in [3.63, 3.8) is 0 Å². The van der Waals surface area contributed by atoms with Gasteiger partial charge in [-0.05, 0) is 43.0 Å². The second kappa shape index (κ2) is 10.1. The molecule has 0 saturated carbocycles. The molecule has 7 heteroatoms. The lowest BCUT2D eigenvalue weighted by Crippen LogP contribution is -2.36. The topological polar surface area (TPSA) is 79.5 Å². The number of urea groups is 1. The van der Waals surface area contributed by atoms with Gasteiger partial charge in [0.25, 0.3) is 0 Å². The van der Waals surface area contributed by atoms with Crippen LogP contribution in [-0.4, -0.2) is 35.0 Å². The van der Waals surface area contributed by atoms with Gasteiger partial charge in [0.15, 0.2) is 0 Å². The number of ether oxygens (including phenoxy) is 1. The standard InChI is InChI=1S/C24H29N3O3S/c1-16-11-12-18(20(13-16)30-14-17-7-3-2-4-8-17)25-22(28)10-6-5-9-21-23-19(15-31-21)26-24(29)27-23/h2-4,7-8,11-13,19,21,23H,5-6,9-10,14-15H2,1H3,(H,25,28)(H2,26,27,29)/t19-,21-,23-/m0/s1. The molecule has 164 valence electrons. The molecular formula is C24H29N3O3S. The highest BCUT2D eigenvalue weighted by molar-refractivity contribution is 8.00. The highest BCUT2D eigenvalue weighted by atomic mass is 32.2. The molecule has 3 N–H and O–H groups in total. The number of carbonyl (C=O) groups excluding carboxylic acids is 2. The molecule has 2 saturated heterocycles. The fourth-order valence-electron chi connectivity index (χ4n) is 4.07. The van der Waals surface area contributed by atoms with Gasteiger partial charge in [-0.2, -0.15) is 11.8 Å². The fourth-order valence-corrected chi connectivity index (χ4v) is 5.62. The molecule has 2 aromatic carbocycles. The maximum absolute atomic E-state index is 12.5. The van der Waals surface area contributed by atoms with Crippen molar-refractivity contribution in [2.24, 2.45) is 0 Å². The highest BCUT2D eigenvalue weighted by Crippen LogP contribution is 2.33. The Labute approximate surface area is 187 Å². The van der Waals surface area contributed by atoms with Crippen LogP contribution >= 0.6 is 11.8 Å². The quantitative estimate of drug-likeness (QED) is 0.403. The van der Waals surface area contributed by atoms with E-state index in [1.54, 1.807) is 0 Å². The second-order valence-corrected chi connectivity index (χ2v) is 9.46. The molecule has 2 heterocycles. The lowest BCUT2D eigenvalue weighted by atomic mass is 10.0. The number of amides is 3. The van der Waals surface area contributed by atoms with Crippen LogP contribution in [0, 0.1) is 6.92 Å². The van der Waals surface area contributed by atoms with E-state index in [4.69, 9.17) is 4.74 Å². The predicted octanol–water partition coefficient (Wildman–Crippen LogP) is 4.24. The number of benzene rings is 2. The molecule has 31 heavy (non-hydrogen) atoms. The van der Waals surface area contributed by atoms with Crippen molar-refractivity contribution in [3.8, 4) is 5.75 Å². The van der Waals surface area contributed by atoms with Crippen molar-refractivity contribution in [1.29, 1.82) is 0 Å². The number of thioether (sulfide) groups is 1. The minimum Gasteiger partial charge on any atom is -0.487 e. The van der Waals surface area contributed by atoms with E-state index in [9.17, 15) is 9.59 Å². The zero-order valence-corrected chi connectivity index (χ0v) is 18.5. The van der Waals surface area contributed by atoms with Crippen LogP contribution in [0.5, 0.6) is 5.75 Å². The predicted molar refractivity (Wildman–Crippen MR) is 125 cm³/mol. The normalized spacial score (nSPS) is 21.8. The first-order valence-electron chi connectivity index (χ1n) is 10.8. The summed E-state index contributed by atoms with van der Waals surface area (Å²) >= 11 is 1.91. The van der Waals surface area contributed by atoms with Crippen LogP contribution in [0.1, 0.15) is 36.8 Å². The largest absolute Gasteiger partial charge is 0.487 e. The Morgan fingerprint density at radius 3 is 2.84 bits per heavy atom. The fraction of sp³-hybridized carbons (Fsp3) is 0.417. The molecule has 0 unspecified atom stereocenters. The first-order valence-corrected chi connectivity index (χ1v) is 11.9. The lowest BCUT2D eigenvalue weighted by Gasteiger charge is -2.16. The maximum Gasteiger partial charge on any atom is 0.315 e. The number of hydrogen-bond acceptors (Lipinski definition) is 4. The molecule has 6 nitrogen and oxygen atoms in total. The Kier molecular flexibility index (Phi) is 7.02. The molecule has 2 aromatic rings. The monoisotopic (exact) mass is 439 g/mol. The molecule has 4 rings (SSSR count). The number of nitrogens with one attached hydrogen (secondary N) is 3. The molecule has 0 spiro atoms. The number of carbonyl (C=O) groups is 2. The molecule has 0 aliphatic carbocycles. The minimum atomic E-state index is -0.0527. The Hall–Kier alpha value is -2.67. The molecule has 2 aliphatic heterocycles. The van der Waals surface area contributed by atoms with Gasteiger partial charge in [-0.15, -0.1) is 0 Å². The second-order valence-electron chi connectivity index (χ2n) is 8.19.